The van der Waals surface area contributed by atoms with Gasteiger partial charge in [0.1, 0.15) is 6.10 Å². The number of para-hydroxylation sites is 2. The van der Waals surface area contributed by atoms with Gasteiger partial charge in [-0.05, 0) is 86.7 Å². The van der Waals surface area contributed by atoms with Crippen LogP contribution in [0.25, 0.3) is 0 Å². The first-order chi connectivity index (χ1) is 15.8. The fraction of sp³-hybridized carbons (Fsp3) is 0.571. The van der Waals surface area contributed by atoms with Gasteiger partial charge in [-0.15, -0.1) is 0 Å². The molecule has 172 valence electrons. The summed E-state index contributed by atoms with van der Waals surface area (Å²) in [5.74, 6) is 3.34. The summed E-state index contributed by atoms with van der Waals surface area (Å²) in [7, 11) is 1.71. The molecule has 2 saturated heterocycles. The van der Waals surface area contributed by atoms with Gasteiger partial charge in [-0.25, -0.2) is 0 Å². The molecule has 0 radical (unpaired) electrons. The van der Waals surface area contributed by atoms with Crippen molar-refractivity contribution >= 4 is 0 Å². The van der Waals surface area contributed by atoms with Crippen molar-refractivity contribution < 1.29 is 9.47 Å². The van der Waals surface area contributed by atoms with Crippen LogP contribution in [0.2, 0.25) is 0 Å². The van der Waals surface area contributed by atoms with E-state index in [0.717, 1.165) is 55.8 Å². The minimum atomic E-state index is 0.302. The number of likely N-dealkylation sites (tertiary alicyclic amines) is 2. The fourth-order valence-electron chi connectivity index (χ4n) is 5.72. The molecule has 32 heavy (non-hydrogen) atoms. The zero-order chi connectivity index (χ0) is 21.8. The SMILES string of the molecule is COc1ccccc1OC1CCN(C[C@H]2C[C@H](c3ccc(CN4CCCC4)cc3)C2)CC1. The van der Waals surface area contributed by atoms with E-state index in [1.807, 2.05) is 24.3 Å². The van der Waals surface area contributed by atoms with Crippen LogP contribution >= 0.6 is 0 Å². The third kappa shape index (κ3) is 5.29. The summed E-state index contributed by atoms with van der Waals surface area (Å²) in [6.45, 7) is 7.22. The van der Waals surface area contributed by atoms with E-state index in [9.17, 15) is 0 Å². The number of hydrogen-bond acceptors (Lipinski definition) is 4. The standard InChI is InChI=1S/C28H38N2O2/c1-31-27-6-2-3-7-28(27)32-26-12-16-30(17-13-26)21-23-18-25(19-23)24-10-8-22(9-11-24)20-29-14-4-5-15-29/h2-3,6-11,23,25-26H,4-5,12-21H2,1H3/t23-,25-. The van der Waals surface area contributed by atoms with Crippen LogP contribution in [0.4, 0.5) is 0 Å². The number of benzene rings is 2. The first kappa shape index (κ1) is 21.8. The van der Waals surface area contributed by atoms with Crippen molar-refractivity contribution in [3.8, 4) is 11.5 Å². The van der Waals surface area contributed by atoms with Crippen molar-refractivity contribution in [2.45, 2.75) is 57.1 Å². The highest BCUT2D eigenvalue weighted by Gasteiger charge is 2.32. The molecule has 3 aliphatic rings. The maximum Gasteiger partial charge on any atom is 0.161 e. The number of piperidine rings is 1. The number of rotatable bonds is 8. The molecule has 0 unspecified atom stereocenters. The van der Waals surface area contributed by atoms with Gasteiger partial charge in [-0.3, -0.25) is 4.90 Å². The van der Waals surface area contributed by atoms with Crippen LogP contribution in [-0.4, -0.2) is 55.7 Å². The van der Waals surface area contributed by atoms with E-state index in [0.29, 0.717) is 6.10 Å². The Balaban J connectivity index is 1.02. The summed E-state index contributed by atoms with van der Waals surface area (Å²) in [5, 5.41) is 0. The molecule has 0 N–H and O–H groups in total. The van der Waals surface area contributed by atoms with Gasteiger partial charge < -0.3 is 14.4 Å². The largest absolute Gasteiger partial charge is 0.493 e. The first-order valence-electron chi connectivity index (χ1n) is 12.6. The molecule has 0 aromatic heterocycles. The molecular weight excluding hydrogens is 396 g/mol. The van der Waals surface area contributed by atoms with Crippen molar-refractivity contribution in [3.05, 3.63) is 59.7 Å². The predicted molar refractivity (Wildman–Crippen MR) is 130 cm³/mol. The second-order valence-electron chi connectivity index (χ2n) is 10.0. The molecule has 5 rings (SSSR count). The van der Waals surface area contributed by atoms with Gasteiger partial charge in [0.25, 0.3) is 0 Å². The molecule has 3 fully saturated rings. The molecular formula is C28H38N2O2. The zero-order valence-corrected chi connectivity index (χ0v) is 19.5. The number of ether oxygens (including phenoxy) is 2. The Bertz CT molecular complexity index is 848. The van der Waals surface area contributed by atoms with E-state index < -0.39 is 0 Å². The normalized spacial score (nSPS) is 24.9. The summed E-state index contributed by atoms with van der Waals surface area (Å²) < 4.78 is 11.7. The smallest absolute Gasteiger partial charge is 0.161 e. The maximum atomic E-state index is 6.24. The highest BCUT2D eigenvalue weighted by molar-refractivity contribution is 5.39. The van der Waals surface area contributed by atoms with E-state index in [4.69, 9.17) is 9.47 Å². The molecule has 1 aliphatic carbocycles. The van der Waals surface area contributed by atoms with E-state index in [2.05, 4.69) is 34.1 Å². The summed E-state index contributed by atoms with van der Waals surface area (Å²) in [4.78, 5) is 5.24. The van der Waals surface area contributed by atoms with Crippen LogP contribution < -0.4 is 9.47 Å². The van der Waals surface area contributed by atoms with Crippen LogP contribution in [0.1, 0.15) is 55.6 Å². The number of hydrogen-bond donors (Lipinski definition) is 0. The lowest BCUT2D eigenvalue weighted by atomic mass is 9.71. The van der Waals surface area contributed by atoms with Crippen LogP contribution in [0, 0.1) is 5.92 Å². The average Bonchev–Trinajstić information content (AvgIpc) is 3.31. The lowest BCUT2D eigenvalue weighted by Gasteiger charge is -2.41. The lowest BCUT2D eigenvalue weighted by Crippen LogP contribution is -2.42. The van der Waals surface area contributed by atoms with E-state index >= 15 is 0 Å². The molecule has 2 aliphatic heterocycles. The molecule has 0 atom stereocenters. The van der Waals surface area contributed by atoms with Crippen molar-refractivity contribution in [1.29, 1.82) is 0 Å². The van der Waals surface area contributed by atoms with Gasteiger partial charge >= 0.3 is 0 Å². The molecule has 2 aromatic rings. The van der Waals surface area contributed by atoms with Crippen molar-refractivity contribution in [2.24, 2.45) is 5.92 Å². The van der Waals surface area contributed by atoms with Gasteiger partial charge in [0.05, 0.1) is 7.11 Å². The van der Waals surface area contributed by atoms with E-state index in [1.54, 1.807) is 12.7 Å². The topological polar surface area (TPSA) is 24.9 Å². The van der Waals surface area contributed by atoms with Gasteiger partial charge in [0, 0.05) is 26.2 Å². The molecule has 2 aromatic carbocycles. The van der Waals surface area contributed by atoms with E-state index in [-0.39, 0.29) is 0 Å². The molecule has 2 heterocycles. The Morgan fingerprint density at radius 2 is 1.50 bits per heavy atom. The number of methoxy groups -OCH3 is 1. The van der Waals surface area contributed by atoms with Crippen LogP contribution in [0.15, 0.2) is 48.5 Å². The Morgan fingerprint density at radius 1 is 0.812 bits per heavy atom. The lowest BCUT2D eigenvalue weighted by molar-refractivity contribution is 0.0744. The van der Waals surface area contributed by atoms with Crippen LogP contribution in [0.5, 0.6) is 11.5 Å². The Kier molecular flexibility index (Phi) is 6.99. The second-order valence-corrected chi connectivity index (χ2v) is 10.0. The van der Waals surface area contributed by atoms with Crippen molar-refractivity contribution in [3.63, 3.8) is 0 Å². The quantitative estimate of drug-likeness (QED) is 0.561. The highest BCUT2D eigenvalue weighted by atomic mass is 16.5. The third-order valence-corrected chi connectivity index (χ3v) is 7.71. The van der Waals surface area contributed by atoms with Crippen LogP contribution in [-0.2, 0) is 6.54 Å². The van der Waals surface area contributed by atoms with Gasteiger partial charge in [0.15, 0.2) is 11.5 Å². The molecule has 4 heteroatoms. The van der Waals surface area contributed by atoms with Crippen molar-refractivity contribution in [1.82, 2.24) is 9.80 Å². The molecule has 0 bridgehead atoms. The molecule has 0 spiro atoms. The minimum Gasteiger partial charge on any atom is -0.493 e. The first-order valence-corrected chi connectivity index (χ1v) is 12.6. The Hall–Kier alpha value is -2.04. The van der Waals surface area contributed by atoms with E-state index in [1.165, 1.54) is 50.9 Å². The average molecular weight is 435 g/mol. The molecule has 4 nitrogen and oxygen atoms in total. The summed E-state index contributed by atoms with van der Waals surface area (Å²) >= 11 is 0. The van der Waals surface area contributed by atoms with Gasteiger partial charge in [-0.1, -0.05) is 36.4 Å². The molecule has 1 saturated carbocycles. The monoisotopic (exact) mass is 434 g/mol. The minimum absolute atomic E-state index is 0.302. The van der Waals surface area contributed by atoms with Gasteiger partial charge in [0.2, 0.25) is 0 Å². The summed E-state index contributed by atoms with van der Waals surface area (Å²) in [5.41, 5.74) is 3.03. The molecule has 0 amide bonds. The predicted octanol–water partition coefficient (Wildman–Crippen LogP) is 5.33. The number of nitrogens with zero attached hydrogens (tertiary/aromatic N) is 2. The van der Waals surface area contributed by atoms with Crippen LogP contribution in [0.3, 0.4) is 0 Å². The van der Waals surface area contributed by atoms with Crippen molar-refractivity contribution in [2.75, 3.05) is 39.8 Å². The highest BCUT2D eigenvalue weighted by Crippen LogP contribution is 2.42. The second kappa shape index (κ2) is 10.3. The maximum absolute atomic E-state index is 6.24. The summed E-state index contributed by atoms with van der Waals surface area (Å²) in [6.07, 6.45) is 7.95. The zero-order valence-electron chi connectivity index (χ0n) is 19.5. The third-order valence-electron chi connectivity index (χ3n) is 7.71. The summed E-state index contributed by atoms with van der Waals surface area (Å²) in [6, 6.07) is 17.5. The Morgan fingerprint density at radius 3 is 2.19 bits per heavy atom. The fourth-order valence-corrected chi connectivity index (χ4v) is 5.72. The Labute approximate surface area is 193 Å². The van der Waals surface area contributed by atoms with Gasteiger partial charge in [-0.2, -0.15) is 0 Å².